The quantitative estimate of drug-likeness (QED) is 0.864. The molecule has 0 radical (unpaired) electrons. The van der Waals surface area contributed by atoms with Gasteiger partial charge in [0.2, 0.25) is 0 Å². The Labute approximate surface area is 105 Å². The molecule has 1 aromatic rings. The van der Waals surface area contributed by atoms with Crippen LogP contribution in [0.25, 0.3) is 0 Å². The highest BCUT2D eigenvalue weighted by molar-refractivity contribution is 9.10. The fourth-order valence-corrected chi connectivity index (χ4v) is 2.03. The number of hydrogen-bond donors (Lipinski definition) is 1. The number of hydrogen-bond acceptors (Lipinski definition) is 2. The van der Waals surface area contributed by atoms with Crippen LogP contribution in [0.5, 0.6) is 0 Å². The predicted octanol–water partition coefficient (Wildman–Crippen LogP) is 3.34. The highest BCUT2D eigenvalue weighted by Crippen LogP contribution is 2.24. The summed E-state index contributed by atoms with van der Waals surface area (Å²) in [7, 11) is 0. The van der Waals surface area contributed by atoms with Crippen LogP contribution in [-0.4, -0.2) is 31.1 Å². The largest absolute Gasteiger partial charge is 0.380 e. The van der Waals surface area contributed by atoms with Crippen molar-refractivity contribution in [2.75, 3.05) is 31.5 Å². The molecule has 0 fully saturated rings. The van der Waals surface area contributed by atoms with Gasteiger partial charge in [-0.25, -0.2) is 4.39 Å². The second-order valence-corrected chi connectivity index (χ2v) is 4.40. The molecule has 0 saturated carbocycles. The lowest BCUT2D eigenvalue weighted by atomic mass is 10.3. The van der Waals surface area contributed by atoms with Crippen molar-refractivity contribution < 1.29 is 4.39 Å². The molecule has 0 aromatic heterocycles. The molecule has 0 aliphatic carbocycles. The standard InChI is InChI=1S/C12H18BrFN2/c1-3-16(4-2)9-8-15-12-10(13)6-5-7-11(12)14/h5-7,15H,3-4,8-9H2,1-2H3. The van der Waals surface area contributed by atoms with E-state index in [1.165, 1.54) is 6.07 Å². The molecule has 1 rings (SSSR count). The normalized spacial score (nSPS) is 10.8. The van der Waals surface area contributed by atoms with E-state index in [0.29, 0.717) is 5.69 Å². The van der Waals surface area contributed by atoms with Crippen LogP contribution in [0, 0.1) is 5.82 Å². The first-order chi connectivity index (χ1) is 7.69. The van der Waals surface area contributed by atoms with Crippen molar-refractivity contribution in [3.05, 3.63) is 28.5 Å². The van der Waals surface area contributed by atoms with E-state index in [-0.39, 0.29) is 5.82 Å². The van der Waals surface area contributed by atoms with Crippen LogP contribution in [0.1, 0.15) is 13.8 Å². The summed E-state index contributed by atoms with van der Waals surface area (Å²) in [5, 5.41) is 3.12. The van der Waals surface area contributed by atoms with Gasteiger partial charge in [0, 0.05) is 17.6 Å². The molecule has 0 heterocycles. The summed E-state index contributed by atoms with van der Waals surface area (Å²) < 4.78 is 14.2. The Hall–Kier alpha value is -0.610. The van der Waals surface area contributed by atoms with Gasteiger partial charge in [-0.3, -0.25) is 0 Å². The Morgan fingerprint density at radius 1 is 1.31 bits per heavy atom. The highest BCUT2D eigenvalue weighted by atomic mass is 79.9. The summed E-state index contributed by atoms with van der Waals surface area (Å²) in [5.74, 6) is -0.214. The third-order valence-electron chi connectivity index (χ3n) is 2.59. The number of nitrogens with one attached hydrogen (secondary N) is 1. The average Bonchev–Trinajstić information content (AvgIpc) is 2.28. The Kier molecular flexibility index (Phi) is 5.77. The second kappa shape index (κ2) is 6.86. The van der Waals surface area contributed by atoms with E-state index in [9.17, 15) is 4.39 Å². The Morgan fingerprint density at radius 2 is 2.00 bits per heavy atom. The average molecular weight is 289 g/mol. The monoisotopic (exact) mass is 288 g/mol. The van der Waals surface area contributed by atoms with Crippen LogP contribution >= 0.6 is 15.9 Å². The van der Waals surface area contributed by atoms with E-state index in [1.54, 1.807) is 6.07 Å². The summed E-state index contributed by atoms with van der Waals surface area (Å²) in [5.41, 5.74) is 0.551. The Morgan fingerprint density at radius 3 is 2.56 bits per heavy atom. The number of nitrogens with zero attached hydrogens (tertiary/aromatic N) is 1. The molecular formula is C12H18BrFN2. The van der Waals surface area contributed by atoms with Gasteiger partial charge in [-0.15, -0.1) is 0 Å². The van der Waals surface area contributed by atoms with Gasteiger partial charge in [0.1, 0.15) is 5.82 Å². The van der Waals surface area contributed by atoms with Gasteiger partial charge in [-0.2, -0.15) is 0 Å². The van der Waals surface area contributed by atoms with Gasteiger partial charge >= 0.3 is 0 Å². The van der Waals surface area contributed by atoms with Crippen molar-refractivity contribution in [3.63, 3.8) is 0 Å². The third-order valence-corrected chi connectivity index (χ3v) is 3.25. The van der Waals surface area contributed by atoms with Crippen LogP contribution in [0.15, 0.2) is 22.7 Å². The SMILES string of the molecule is CCN(CC)CCNc1c(F)cccc1Br. The Balaban J connectivity index is 2.48. The summed E-state index contributed by atoms with van der Waals surface area (Å²) in [6.45, 7) is 7.98. The molecule has 90 valence electrons. The molecule has 0 spiro atoms. The van der Waals surface area contributed by atoms with Crippen molar-refractivity contribution in [2.24, 2.45) is 0 Å². The van der Waals surface area contributed by atoms with Crippen molar-refractivity contribution >= 4 is 21.6 Å². The molecule has 2 nitrogen and oxygen atoms in total. The maximum absolute atomic E-state index is 13.4. The molecule has 0 bridgehead atoms. The number of halogens is 2. The van der Waals surface area contributed by atoms with Gasteiger partial charge < -0.3 is 10.2 Å². The molecule has 0 unspecified atom stereocenters. The van der Waals surface area contributed by atoms with E-state index in [1.807, 2.05) is 6.07 Å². The number of benzene rings is 1. The maximum Gasteiger partial charge on any atom is 0.147 e. The number of likely N-dealkylation sites (N-methyl/N-ethyl adjacent to an activating group) is 1. The third kappa shape index (κ3) is 3.76. The van der Waals surface area contributed by atoms with Crippen molar-refractivity contribution in [1.82, 2.24) is 4.90 Å². The van der Waals surface area contributed by atoms with Crippen LogP contribution in [-0.2, 0) is 0 Å². The molecule has 1 aromatic carbocycles. The van der Waals surface area contributed by atoms with Crippen molar-refractivity contribution in [3.8, 4) is 0 Å². The van der Waals surface area contributed by atoms with Gasteiger partial charge in [0.05, 0.1) is 5.69 Å². The fourth-order valence-electron chi connectivity index (χ4n) is 1.55. The van der Waals surface area contributed by atoms with Gasteiger partial charge in [0.25, 0.3) is 0 Å². The highest BCUT2D eigenvalue weighted by Gasteiger charge is 2.05. The van der Waals surface area contributed by atoms with Gasteiger partial charge in [-0.1, -0.05) is 19.9 Å². The molecule has 16 heavy (non-hydrogen) atoms. The second-order valence-electron chi connectivity index (χ2n) is 3.55. The summed E-state index contributed by atoms with van der Waals surface area (Å²) in [4.78, 5) is 2.29. The predicted molar refractivity (Wildman–Crippen MR) is 70.4 cm³/mol. The van der Waals surface area contributed by atoms with Crippen LogP contribution in [0.2, 0.25) is 0 Å². The summed E-state index contributed by atoms with van der Waals surface area (Å²) >= 11 is 3.33. The molecule has 0 amide bonds. The summed E-state index contributed by atoms with van der Waals surface area (Å²) in [6.07, 6.45) is 0. The minimum atomic E-state index is -0.214. The lowest BCUT2D eigenvalue weighted by Gasteiger charge is -2.18. The van der Waals surface area contributed by atoms with Crippen LogP contribution in [0.4, 0.5) is 10.1 Å². The first kappa shape index (κ1) is 13.5. The fraction of sp³-hybridized carbons (Fsp3) is 0.500. The molecule has 0 saturated heterocycles. The van der Waals surface area contributed by atoms with Gasteiger partial charge in [-0.05, 0) is 41.2 Å². The summed E-state index contributed by atoms with van der Waals surface area (Å²) in [6, 6.07) is 4.99. The first-order valence-corrected chi connectivity index (χ1v) is 6.38. The Bertz CT molecular complexity index is 307. The lowest BCUT2D eigenvalue weighted by molar-refractivity contribution is 0.316. The molecule has 0 aliphatic heterocycles. The van der Waals surface area contributed by atoms with E-state index in [2.05, 4.69) is 40.0 Å². The van der Waals surface area contributed by atoms with E-state index in [4.69, 9.17) is 0 Å². The van der Waals surface area contributed by atoms with Crippen LogP contribution in [0.3, 0.4) is 0 Å². The zero-order chi connectivity index (χ0) is 12.0. The van der Waals surface area contributed by atoms with Crippen molar-refractivity contribution in [1.29, 1.82) is 0 Å². The van der Waals surface area contributed by atoms with Gasteiger partial charge in [0.15, 0.2) is 0 Å². The molecular weight excluding hydrogens is 271 g/mol. The van der Waals surface area contributed by atoms with E-state index in [0.717, 1.165) is 30.7 Å². The lowest BCUT2D eigenvalue weighted by Crippen LogP contribution is -2.28. The molecule has 0 atom stereocenters. The molecule has 4 heteroatoms. The minimum Gasteiger partial charge on any atom is -0.380 e. The van der Waals surface area contributed by atoms with E-state index >= 15 is 0 Å². The number of rotatable bonds is 6. The topological polar surface area (TPSA) is 15.3 Å². The van der Waals surface area contributed by atoms with E-state index < -0.39 is 0 Å². The first-order valence-electron chi connectivity index (χ1n) is 5.59. The van der Waals surface area contributed by atoms with Crippen LogP contribution < -0.4 is 5.32 Å². The number of para-hydroxylation sites is 1. The zero-order valence-corrected chi connectivity index (χ0v) is 11.3. The smallest absolute Gasteiger partial charge is 0.147 e. The molecule has 1 N–H and O–H groups in total. The number of anilines is 1. The zero-order valence-electron chi connectivity index (χ0n) is 9.76. The van der Waals surface area contributed by atoms with Crippen molar-refractivity contribution in [2.45, 2.75) is 13.8 Å². The maximum atomic E-state index is 13.4. The minimum absolute atomic E-state index is 0.214. The molecule has 0 aliphatic rings.